The number of hydrogen-bond acceptors (Lipinski definition) is 4. The van der Waals surface area contributed by atoms with Crippen LogP contribution < -0.4 is 10.2 Å². The molecule has 0 aromatic heterocycles. The summed E-state index contributed by atoms with van der Waals surface area (Å²) in [6.07, 6.45) is 0.367. The Hall–Kier alpha value is -2.64. The molecule has 6 nitrogen and oxygen atoms in total. The van der Waals surface area contributed by atoms with Gasteiger partial charge in [-0.25, -0.2) is 0 Å². The van der Waals surface area contributed by atoms with Gasteiger partial charge in [0.2, 0.25) is 11.8 Å². The first-order chi connectivity index (χ1) is 12.5. The first kappa shape index (κ1) is 19.7. The molecule has 0 heterocycles. The van der Waals surface area contributed by atoms with Crippen LogP contribution in [0, 0.1) is 0 Å². The van der Waals surface area contributed by atoms with Gasteiger partial charge in [-0.15, -0.1) is 0 Å². The van der Waals surface area contributed by atoms with Crippen LogP contribution in [0.4, 0.5) is 5.69 Å². The normalized spacial score (nSPS) is 11.5. The fourth-order valence-corrected chi connectivity index (χ4v) is 2.67. The van der Waals surface area contributed by atoms with Crippen molar-refractivity contribution in [1.29, 1.82) is 0 Å². The fourth-order valence-electron chi connectivity index (χ4n) is 2.67. The van der Waals surface area contributed by atoms with Crippen molar-refractivity contribution in [2.75, 3.05) is 11.4 Å². The molecule has 1 unspecified atom stereocenters. The van der Waals surface area contributed by atoms with Crippen LogP contribution >= 0.6 is 0 Å². The van der Waals surface area contributed by atoms with Crippen LogP contribution in [0.5, 0.6) is 0 Å². The SMILES string of the molecule is CC(=O)N(CCC(=O)NC(Cc1ccccc1)B(O)O)c1ccccc1. The minimum absolute atomic E-state index is 0.0620. The lowest BCUT2D eigenvalue weighted by atomic mass is 9.76. The second kappa shape index (κ2) is 9.75. The molecule has 0 radical (unpaired) electrons. The molecule has 136 valence electrons. The van der Waals surface area contributed by atoms with Gasteiger partial charge in [0.05, 0.1) is 5.94 Å². The smallest absolute Gasteiger partial charge is 0.426 e. The minimum atomic E-state index is -1.67. The largest absolute Gasteiger partial charge is 0.475 e. The van der Waals surface area contributed by atoms with E-state index in [4.69, 9.17) is 0 Å². The third kappa shape index (κ3) is 6.02. The highest BCUT2D eigenvalue weighted by molar-refractivity contribution is 6.43. The highest BCUT2D eigenvalue weighted by atomic mass is 16.4. The van der Waals surface area contributed by atoms with Gasteiger partial charge in [-0.1, -0.05) is 48.5 Å². The van der Waals surface area contributed by atoms with Crippen molar-refractivity contribution < 1.29 is 19.6 Å². The van der Waals surface area contributed by atoms with Gasteiger partial charge < -0.3 is 20.3 Å². The van der Waals surface area contributed by atoms with Gasteiger partial charge in [0.25, 0.3) is 0 Å². The Morgan fingerprint density at radius 1 is 1.04 bits per heavy atom. The molecule has 0 bridgehead atoms. The van der Waals surface area contributed by atoms with Gasteiger partial charge in [0.15, 0.2) is 0 Å². The average molecular weight is 354 g/mol. The Morgan fingerprint density at radius 2 is 1.62 bits per heavy atom. The van der Waals surface area contributed by atoms with Crippen LogP contribution in [0.25, 0.3) is 0 Å². The molecule has 26 heavy (non-hydrogen) atoms. The summed E-state index contributed by atoms with van der Waals surface area (Å²) in [5, 5.41) is 21.7. The third-order valence-corrected chi connectivity index (χ3v) is 4.02. The van der Waals surface area contributed by atoms with Crippen LogP contribution in [0.1, 0.15) is 18.9 Å². The van der Waals surface area contributed by atoms with Crippen molar-refractivity contribution in [3.8, 4) is 0 Å². The van der Waals surface area contributed by atoms with Crippen molar-refractivity contribution in [3.05, 3.63) is 66.2 Å². The predicted octanol–water partition coefficient (Wildman–Crippen LogP) is 1.17. The van der Waals surface area contributed by atoms with Gasteiger partial charge >= 0.3 is 7.12 Å². The summed E-state index contributed by atoms with van der Waals surface area (Å²) in [6, 6.07) is 18.4. The summed E-state index contributed by atoms with van der Waals surface area (Å²) in [7, 11) is -1.67. The molecule has 0 saturated heterocycles. The molecule has 0 fully saturated rings. The van der Waals surface area contributed by atoms with Crippen molar-refractivity contribution in [1.82, 2.24) is 5.32 Å². The average Bonchev–Trinajstić information content (AvgIpc) is 2.62. The van der Waals surface area contributed by atoms with Crippen molar-refractivity contribution in [2.24, 2.45) is 0 Å². The molecule has 1 atom stereocenters. The Bertz CT molecular complexity index is 710. The molecule has 2 rings (SSSR count). The lowest BCUT2D eigenvalue weighted by Crippen LogP contribution is -2.48. The zero-order chi connectivity index (χ0) is 18.9. The molecule has 0 spiro atoms. The van der Waals surface area contributed by atoms with E-state index in [0.29, 0.717) is 6.42 Å². The van der Waals surface area contributed by atoms with E-state index in [2.05, 4.69) is 5.32 Å². The maximum atomic E-state index is 12.2. The summed E-state index contributed by atoms with van der Waals surface area (Å²) >= 11 is 0. The van der Waals surface area contributed by atoms with Gasteiger partial charge in [0, 0.05) is 25.6 Å². The lowest BCUT2D eigenvalue weighted by molar-refractivity contribution is -0.121. The van der Waals surface area contributed by atoms with E-state index in [1.54, 1.807) is 12.1 Å². The second-order valence-corrected chi connectivity index (χ2v) is 6.03. The fraction of sp³-hybridized carbons (Fsp3) is 0.263. The van der Waals surface area contributed by atoms with E-state index >= 15 is 0 Å². The first-order valence-electron chi connectivity index (χ1n) is 8.50. The highest BCUT2D eigenvalue weighted by Crippen LogP contribution is 2.14. The Balaban J connectivity index is 1.93. The molecule has 0 saturated carbocycles. The first-order valence-corrected chi connectivity index (χ1v) is 8.50. The monoisotopic (exact) mass is 354 g/mol. The number of amides is 2. The number of hydrogen-bond donors (Lipinski definition) is 3. The van der Waals surface area contributed by atoms with Gasteiger partial charge in [-0.2, -0.15) is 0 Å². The molecular formula is C19H23BN2O4. The molecule has 7 heteroatoms. The summed E-state index contributed by atoms with van der Waals surface area (Å²) in [6.45, 7) is 1.66. The molecule has 0 aliphatic rings. The second-order valence-electron chi connectivity index (χ2n) is 6.03. The summed E-state index contributed by atoms with van der Waals surface area (Å²) in [5.74, 6) is -1.32. The molecule has 2 aromatic rings. The van der Waals surface area contributed by atoms with Crippen molar-refractivity contribution in [2.45, 2.75) is 25.7 Å². The predicted molar refractivity (Wildman–Crippen MR) is 101 cm³/mol. The van der Waals surface area contributed by atoms with E-state index < -0.39 is 13.1 Å². The van der Waals surface area contributed by atoms with Crippen LogP contribution in [0.2, 0.25) is 0 Å². The molecule has 0 aliphatic carbocycles. The van der Waals surface area contributed by atoms with Crippen LogP contribution in [-0.2, 0) is 16.0 Å². The quantitative estimate of drug-likeness (QED) is 0.621. The van der Waals surface area contributed by atoms with Crippen LogP contribution in [0.3, 0.4) is 0 Å². The van der Waals surface area contributed by atoms with Crippen LogP contribution in [0.15, 0.2) is 60.7 Å². The Morgan fingerprint density at radius 3 is 2.15 bits per heavy atom. The highest BCUT2D eigenvalue weighted by Gasteiger charge is 2.25. The third-order valence-electron chi connectivity index (χ3n) is 4.02. The van der Waals surface area contributed by atoms with E-state index in [-0.39, 0.29) is 24.8 Å². The molecular weight excluding hydrogens is 331 g/mol. The number of nitrogens with one attached hydrogen (secondary N) is 1. The van der Waals surface area contributed by atoms with Crippen LogP contribution in [-0.4, -0.2) is 41.5 Å². The number of para-hydroxylation sites is 1. The number of carbonyl (C=O) groups excluding carboxylic acids is 2. The number of rotatable bonds is 8. The Labute approximate surface area is 153 Å². The number of anilines is 1. The van der Waals surface area contributed by atoms with Crippen molar-refractivity contribution in [3.63, 3.8) is 0 Å². The molecule has 3 N–H and O–H groups in total. The zero-order valence-corrected chi connectivity index (χ0v) is 14.7. The Kier molecular flexibility index (Phi) is 7.38. The molecule has 2 aromatic carbocycles. The maximum Gasteiger partial charge on any atom is 0.475 e. The van der Waals surface area contributed by atoms with E-state index in [0.717, 1.165) is 11.3 Å². The van der Waals surface area contributed by atoms with Gasteiger partial charge in [-0.05, 0) is 24.1 Å². The summed E-state index contributed by atoms with van der Waals surface area (Å²) < 4.78 is 0. The van der Waals surface area contributed by atoms with Gasteiger partial charge in [0.1, 0.15) is 0 Å². The van der Waals surface area contributed by atoms with E-state index in [1.165, 1.54) is 11.8 Å². The summed E-state index contributed by atoms with van der Waals surface area (Å²) in [5.41, 5.74) is 1.61. The molecule has 2 amide bonds. The number of nitrogens with zero attached hydrogens (tertiary/aromatic N) is 1. The van der Waals surface area contributed by atoms with Gasteiger partial charge in [-0.3, -0.25) is 9.59 Å². The zero-order valence-electron chi connectivity index (χ0n) is 14.7. The topological polar surface area (TPSA) is 89.9 Å². The van der Waals surface area contributed by atoms with E-state index in [1.807, 2.05) is 48.5 Å². The van der Waals surface area contributed by atoms with E-state index in [9.17, 15) is 19.6 Å². The number of benzene rings is 2. The van der Waals surface area contributed by atoms with Crippen molar-refractivity contribution >= 4 is 24.6 Å². The molecule has 0 aliphatic heterocycles. The maximum absolute atomic E-state index is 12.2. The summed E-state index contributed by atoms with van der Waals surface area (Å²) in [4.78, 5) is 25.6. The lowest BCUT2D eigenvalue weighted by Gasteiger charge is -2.22. The standard InChI is InChI=1S/C19H23BN2O4/c1-15(23)22(17-10-6-3-7-11-17)13-12-19(24)21-18(20(25)26)14-16-8-4-2-5-9-16/h2-11,18,25-26H,12-14H2,1H3,(H,21,24). The minimum Gasteiger partial charge on any atom is -0.426 e. The number of carbonyl (C=O) groups is 2.